The van der Waals surface area contributed by atoms with Crippen LogP contribution in [0.25, 0.3) is 6.08 Å². The van der Waals surface area contributed by atoms with Crippen LogP contribution in [0.3, 0.4) is 0 Å². The molecule has 0 saturated heterocycles. The standard InChI is InChI=1S/C13H12N2O/c1-8-6-10-7-9-4-2-3-5-11(9)14-12(10)15-13(8)16/h2-7,12,14H,1H3,(H,15,16). The van der Waals surface area contributed by atoms with Gasteiger partial charge in [-0.15, -0.1) is 0 Å². The largest absolute Gasteiger partial charge is 0.361 e. The zero-order chi connectivity index (χ0) is 11.1. The zero-order valence-corrected chi connectivity index (χ0v) is 8.95. The summed E-state index contributed by atoms with van der Waals surface area (Å²) in [5.41, 5.74) is 4.08. The van der Waals surface area contributed by atoms with E-state index in [2.05, 4.69) is 22.8 Å². The second-order valence-corrected chi connectivity index (χ2v) is 4.11. The van der Waals surface area contributed by atoms with Gasteiger partial charge in [0, 0.05) is 11.3 Å². The summed E-state index contributed by atoms with van der Waals surface area (Å²) in [6.07, 6.45) is 3.96. The summed E-state index contributed by atoms with van der Waals surface area (Å²) in [5.74, 6) is -0.00553. The Morgan fingerprint density at radius 3 is 2.81 bits per heavy atom. The second kappa shape index (κ2) is 3.23. The first-order valence-corrected chi connectivity index (χ1v) is 5.30. The minimum atomic E-state index is -0.0916. The number of nitrogens with one attached hydrogen (secondary N) is 2. The minimum Gasteiger partial charge on any atom is -0.361 e. The van der Waals surface area contributed by atoms with Crippen molar-refractivity contribution in [2.24, 2.45) is 0 Å². The lowest BCUT2D eigenvalue weighted by Gasteiger charge is -2.30. The number of fused-ring (bicyclic) bond motifs is 2. The molecule has 1 amide bonds. The summed E-state index contributed by atoms with van der Waals surface area (Å²) in [6, 6.07) is 8.07. The SMILES string of the molecule is CC1=CC2=Cc3ccccc3NC2NC1=O. The number of benzene rings is 1. The van der Waals surface area contributed by atoms with Crippen molar-refractivity contribution in [1.29, 1.82) is 0 Å². The van der Waals surface area contributed by atoms with Crippen LogP contribution in [0, 0.1) is 0 Å². The first-order chi connectivity index (χ1) is 7.74. The minimum absolute atomic E-state index is 0.00553. The van der Waals surface area contributed by atoms with E-state index in [-0.39, 0.29) is 12.1 Å². The van der Waals surface area contributed by atoms with Crippen LogP contribution in [0.5, 0.6) is 0 Å². The Kier molecular flexibility index (Phi) is 1.86. The van der Waals surface area contributed by atoms with E-state index >= 15 is 0 Å². The van der Waals surface area contributed by atoms with Crippen LogP contribution >= 0.6 is 0 Å². The van der Waals surface area contributed by atoms with E-state index in [1.54, 1.807) is 0 Å². The number of hydrogen-bond acceptors (Lipinski definition) is 2. The van der Waals surface area contributed by atoms with Crippen LogP contribution in [-0.2, 0) is 4.79 Å². The van der Waals surface area contributed by atoms with Crippen LogP contribution in [-0.4, -0.2) is 12.1 Å². The fourth-order valence-corrected chi connectivity index (χ4v) is 2.06. The molecule has 1 aromatic carbocycles. The molecule has 1 atom stereocenters. The molecular formula is C13H12N2O. The van der Waals surface area contributed by atoms with E-state index in [9.17, 15) is 4.79 Å². The van der Waals surface area contributed by atoms with Crippen molar-refractivity contribution in [3.63, 3.8) is 0 Å². The van der Waals surface area contributed by atoms with E-state index in [1.807, 2.05) is 31.2 Å². The number of amides is 1. The maximum Gasteiger partial charge on any atom is 0.248 e. The van der Waals surface area contributed by atoms with Crippen molar-refractivity contribution in [3.8, 4) is 0 Å². The van der Waals surface area contributed by atoms with Gasteiger partial charge < -0.3 is 10.6 Å². The Morgan fingerprint density at radius 1 is 1.12 bits per heavy atom. The average Bonchev–Trinajstić information content (AvgIpc) is 2.28. The summed E-state index contributed by atoms with van der Waals surface area (Å²) in [7, 11) is 0. The van der Waals surface area contributed by atoms with Gasteiger partial charge in [0.05, 0.1) is 0 Å². The van der Waals surface area contributed by atoms with Gasteiger partial charge in [-0.3, -0.25) is 4.79 Å². The Balaban J connectivity index is 2.10. The van der Waals surface area contributed by atoms with Crippen molar-refractivity contribution in [1.82, 2.24) is 5.32 Å². The fourth-order valence-electron chi connectivity index (χ4n) is 2.06. The Labute approximate surface area is 93.9 Å². The van der Waals surface area contributed by atoms with Gasteiger partial charge in [-0.05, 0) is 36.3 Å². The van der Waals surface area contributed by atoms with Gasteiger partial charge in [-0.25, -0.2) is 0 Å². The summed E-state index contributed by atoms with van der Waals surface area (Å²) >= 11 is 0. The molecule has 0 aromatic heterocycles. The van der Waals surface area contributed by atoms with E-state index < -0.39 is 0 Å². The topological polar surface area (TPSA) is 41.1 Å². The molecule has 1 unspecified atom stereocenters. The number of carbonyl (C=O) groups excluding carboxylic acids is 1. The molecule has 0 bridgehead atoms. The summed E-state index contributed by atoms with van der Waals surface area (Å²) in [5, 5.41) is 6.23. The molecule has 0 radical (unpaired) electrons. The first-order valence-electron chi connectivity index (χ1n) is 5.30. The molecule has 80 valence electrons. The van der Waals surface area contributed by atoms with Gasteiger partial charge >= 0.3 is 0 Å². The van der Waals surface area contributed by atoms with Gasteiger partial charge in [-0.1, -0.05) is 18.2 Å². The molecule has 2 aliphatic rings. The highest BCUT2D eigenvalue weighted by molar-refractivity contribution is 5.97. The Bertz CT molecular complexity index is 528. The average molecular weight is 212 g/mol. The van der Waals surface area contributed by atoms with E-state index in [0.717, 1.165) is 22.4 Å². The predicted molar refractivity (Wildman–Crippen MR) is 63.7 cm³/mol. The lowest BCUT2D eigenvalue weighted by Crippen LogP contribution is -2.45. The van der Waals surface area contributed by atoms with Crippen molar-refractivity contribution in [3.05, 3.63) is 47.1 Å². The summed E-state index contributed by atoms with van der Waals surface area (Å²) in [6.45, 7) is 1.83. The smallest absolute Gasteiger partial charge is 0.248 e. The third-order valence-electron chi connectivity index (χ3n) is 2.93. The molecule has 0 fully saturated rings. The maximum absolute atomic E-state index is 11.5. The van der Waals surface area contributed by atoms with Crippen LogP contribution in [0.1, 0.15) is 12.5 Å². The Morgan fingerprint density at radius 2 is 1.94 bits per heavy atom. The normalized spacial score (nSPS) is 22.1. The quantitative estimate of drug-likeness (QED) is 0.689. The zero-order valence-electron chi connectivity index (χ0n) is 8.95. The third-order valence-corrected chi connectivity index (χ3v) is 2.93. The van der Waals surface area contributed by atoms with Gasteiger partial charge in [0.15, 0.2) is 0 Å². The highest BCUT2D eigenvalue weighted by atomic mass is 16.1. The number of rotatable bonds is 0. The van der Waals surface area contributed by atoms with E-state index in [0.29, 0.717) is 0 Å². The number of hydrogen-bond donors (Lipinski definition) is 2. The maximum atomic E-state index is 11.5. The molecule has 2 aliphatic heterocycles. The van der Waals surface area contributed by atoms with Crippen LogP contribution in [0.2, 0.25) is 0 Å². The molecule has 3 rings (SSSR count). The summed E-state index contributed by atoms with van der Waals surface area (Å²) in [4.78, 5) is 11.5. The number of para-hydroxylation sites is 1. The lowest BCUT2D eigenvalue weighted by atomic mass is 9.97. The molecule has 1 aromatic rings. The van der Waals surface area contributed by atoms with Crippen molar-refractivity contribution in [2.75, 3.05) is 5.32 Å². The molecule has 16 heavy (non-hydrogen) atoms. The Hall–Kier alpha value is -2.03. The molecule has 0 saturated carbocycles. The highest BCUT2D eigenvalue weighted by Gasteiger charge is 2.25. The number of anilines is 1. The van der Waals surface area contributed by atoms with E-state index in [4.69, 9.17) is 0 Å². The third kappa shape index (κ3) is 1.33. The van der Waals surface area contributed by atoms with Gasteiger partial charge in [-0.2, -0.15) is 0 Å². The van der Waals surface area contributed by atoms with Crippen LogP contribution in [0.4, 0.5) is 5.69 Å². The second-order valence-electron chi connectivity index (χ2n) is 4.11. The molecule has 3 nitrogen and oxygen atoms in total. The van der Waals surface area contributed by atoms with Crippen molar-refractivity contribution in [2.45, 2.75) is 13.1 Å². The summed E-state index contributed by atoms with van der Waals surface area (Å²) < 4.78 is 0. The monoisotopic (exact) mass is 212 g/mol. The van der Waals surface area contributed by atoms with Gasteiger partial charge in [0.25, 0.3) is 0 Å². The molecule has 3 heteroatoms. The van der Waals surface area contributed by atoms with Crippen molar-refractivity contribution >= 4 is 17.7 Å². The van der Waals surface area contributed by atoms with Gasteiger partial charge in [0.2, 0.25) is 5.91 Å². The molecular weight excluding hydrogens is 200 g/mol. The predicted octanol–water partition coefficient (Wildman–Crippen LogP) is 1.90. The first kappa shape index (κ1) is 9.21. The van der Waals surface area contributed by atoms with Crippen LogP contribution < -0.4 is 10.6 Å². The molecule has 2 heterocycles. The molecule has 0 spiro atoms. The van der Waals surface area contributed by atoms with E-state index in [1.165, 1.54) is 0 Å². The number of carbonyl (C=O) groups is 1. The van der Waals surface area contributed by atoms with Crippen LogP contribution in [0.15, 0.2) is 41.5 Å². The van der Waals surface area contributed by atoms with Gasteiger partial charge in [0.1, 0.15) is 6.17 Å². The molecule has 0 aliphatic carbocycles. The highest BCUT2D eigenvalue weighted by Crippen LogP contribution is 2.28. The lowest BCUT2D eigenvalue weighted by molar-refractivity contribution is -0.118. The fraction of sp³-hybridized carbons (Fsp3) is 0.154. The molecule has 2 N–H and O–H groups in total. The van der Waals surface area contributed by atoms with Crippen molar-refractivity contribution < 1.29 is 4.79 Å².